The van der Waals surface area contributed by atoms with Gasteiger partial charge in [-0.15, -0.1) is 0 Å². The van der Waals surface area contributed by atoms with E-state index in [2.05, 4.69) is 12.2 Å². The Morgan fingerprint density at radius 3 is 3.00 bits per heavy atom. The molecular formula is C10H18N2OS. The third-order valence-corrected chi connectivity index (χ3v) is 4.12. The van der Waals surface area contributed by atoms with Gasteiger partial charge in [0.2, 0.25) is 5.91 Å². The van der Waals surface area contributed by atoms with Crippen LogP contribution in [0.3, 0.4) is 0 Å². The fourth-order valence-electron chi connectivity index (χ4n) is 2.18. The van der Waals surface area contributed by atoms with E-state index in [1.54, 1.807) is 0 Å². The van der Waals surface area contributed by atoms with Crippen molar-refractivity contribution >= 4 is 17.7 Å². The summed E-state index contributed by atoms with van der Waals surface area (Å²) in [5.41, 5.74) is 0. The minimum atomic E-state index is 0.0781. The second kappa shape index (κ2) is 4.53. The summed E-state index contributed by atoms with van der Waals surface area (Å²) in [6.45, 7) is 4.09. The summed E-state index contributed by atoms with van der Waals surface area (Å²) in [4.78, 5) is 14.1. The predicted octanol–water partition coefficient (Wildman–Crippen LogP) is 0.702. The minimum absolute atomic E-state index is 0.0781. The molecule has 2 aliphatic rings. The zero-order chi connectivity index (χ0) is 9.97. The molecule has 2 rings (SSSR count). The molecule has 1 N–H and O–H groups in total. The predicted molar refractivity (Wildman–Crippen MR) is 59.5 cm³/mol. The summed E-state index contributed by atoms with van der Waals surface area (Å²) in [5, 5.41) is 3.30. The standard InChI is InChI=1S/C10H18N2OS/c1-8-3-2-5-12(8)10(13)9-7-14-6-4-11-9/h8-9,11H,2-7H2,1H3. The van der Waals surface area contributed by atoms with Crippen molar-refractivity contribution in [3.05, 3.63) is 0 Å². The van der Waals surface area contributed by atoms with Crippen LogP contribution in [-0.2, 0) is 4.79 Å². The van der Waals surface area contributed by atoms with Gasteiger partial charge in [0.05, 0.1) is 6.04 Å². The van der Waals surface area contributed by atoms with Crippen molar-refractivity contribution in [2.45, 2.75) is 31.8 Å². The monoisotopic (exact) mass is 214 g/mol. The average Bonchev–Trinajstić information content (AvgIpc) is 2.65. The van der Waals surface area contributed by atoms with Gasteiger partial charge in [-0.25, -0.2) is 0 Å². The number of hydrogen-bond donors (Lipinski definition) is 1. The maximum atomic E-state index is 12.1. The van der Waals surface area contributed by atoms with Crippen molar-refractivity contribution in [2.75, 3.05) is 24.6 Å². The first kappa shape index (κ1) is 10.3. The molecule has 2 atom stereocenters. The van der Waals surface area contributed by atoms with E-state index < -0.39 is 0 Å². The van der Waals surface area contributed by atoms with Crippen LogP contribution in [0.5, 0.6) is 0 Å². The Balaban J connectivity index is 1.92. The molecule has 0 spiro atoms. The summed E-state index contributed by atoms with van der Waals surface area (Å²) in [6.07, 6.45) is 2.35. The first-order chi connectivity index (χ1) is 6.79. The summed E-state index contributed by atoms with van der Waals surface area (Å²) in [6, 6.07) is 0.533. The molecule has 2 aliphatic heterocycles. The first-order valence-corrected chi connectivity index (χ1v) is 6.56. The number of rotatable bonds is 1. The minimum Gasteiger partial charge on any atom is -0.339 e. The van der Waals surface area contributed by atoms with Gasteiger partial charge in [0.25, 0.3) is 0 Å². The average molecular weight is 214 g/mol. The van der Waals surface area contributed by atoms with Crippen molar-refractivity contribution in [1.82, 2.24) is 10.2 Å². The Morgan fingerprint density at radius 2 is 2.43 bits per heavy atom. The van der Waals surface area contributed by atoms with Gasteiger partial charge in [-0.2, -0.15) is 11.8 Å². The van der Waals surface area contributed by atoms with Crippen LogP contribution >= 0.6 is 11.8 Å². The molecule has 2 saturated heterocycles. The van der Waals surface area contributed by atoms with Crippen molar-refractivity contribution in [1.29, 1.82) is 0 Å². The highest BCUT2D eigenvalue weighted by molar-refractivity contribution is 7.99. The fraction of sp³-hybridized carbons (Fsp3) is 0.900. The van der Waals surface area contributed by atoms with Gasteiger partial charge in [0, 0.05) is 30.6 Å². The van der Waals surface area contributed by atoms with Gasteiger partial charge in [0.15, 0.2) is 0 Å². The largest absolute Gasteiger partial charge is 0.339 e. The SMILES string of the molecule is CC1CCCN1C(=O)C1CSCCN1. The van der Waals surface area contributed by atoms with E-state index in [0.29, 0.717) is 11.9 Å². The highest BCUT2D eigenvalue weighted by Gasteiger charge is 2.31. The molecule has 0 aromatic heterocycles. The topological polar surface area (TPSA) is 32.3 Å². The van der Waals surface area contributed by atoms with Gasteiger partial charge in [-0.1, -0.05) is 0 Å². The van der Waals surface area contributed by atoms with E-state index in [-0.39, 0.29) is 6.04 Å². The Bertz CT molecular complexity index is 216. The molecule has 80 valence electrons. The molecule has 0 aromatic carbocycles. The molecule has 14 heavy (non-hydrogen) atoms. The summed E-state index contributed by atoms with van der Waals surface area (Å²) >= 11 is 1.88. The number of carbonyl (C=O) groups is 1. The first-order valence-electron chi connectivity index (χ1n) is 5.40. The van der Waals surface area contributed by atoms with Crippen LogP contribution in [0.1, 0.15) is 19.8 Å². The number of nitrogens with zero attached hydrogens (tertiary/aromatic N) is 1. The third-order valence-electron chi connectivity index (χ3n) is 3.06. The van der Waals surface area contributed by atoms with Crippen LogP contribution in [0.2, 0.25) is 0 Å². The zero-order valence-electron chi connectivity index (χ0n) is 8.66. The number of hydrogen-bond acceptors (Lipinski definition) is 3. The van der Waals surface area contributed by atoms with E-state index in [1.807, 2.05) is 16.7 Å². The van der Waals surface area contributed by atoms with Gasteiger partial charge in [-0.3, -0.25) is 4.79 Å². The second-order valence-corrected chi connectivity index (χ2v) is 5.25. The molecule has 1 amide bonds. The molecule has 0 aromatic rings. The third kappa shape index (κ3) is 2.06. The van der Waals surface area contributed by atoms with E-state index in [1.165, 1.54) is 12.8 Å². The fourth-order valence-corrected chi connectivity index (χ4v) is 3.11. The van der Waals surface area contributed by atoms with Crippen molar-refractivity contribution in [2.24, 2.45) is 0 Å². The quantitative estimate of drug-likeness (QED) is 0.697. The normalized spacial score (nSPS) is 33.4. The molecule has 3 nitrogen and oxygen atoms in total. The van der Waals surface area contributed by atoms with Crippen LogP contribution in [-0.4, -0.2) is 47.5 Å². The van der Waals surface area contributed by atoms with Gasteiger partial charge >= 0.3 is 0 Å². The molecule has 2 heterocycles. The number of carbonyl (C=O) groups excluding carboxylic acids is 1. The molecule has 2 unspecified atom stereocenters. The van der Waals surface area contributed by atoms with Crippen molar-refractivity contribution in [3.8, 4) is 0 Å². The van der Waals surface area contributed by atoms with E-state index in [9.17, 15) is 4.79 Å². The highest BCUT2D eigenvalue weighted by Crippen LogP contribution is 2.19. The van der Waals surface area contributed by atoms with Crippen LogP contribution in [0.25, 0.3) is 0 Å². The van der Waals surface area contributed by atoms with E-state index >= 15 is 0 Å². The zero-order valence-corrected chi connectivity index (χ0v) is 9.48. The van der Waals surface area contributed by atoms with Crippen LogP contribution < -0.4 is 5.32 Å². The summed E-state index contributed by atoms with van der Waals surface area (Å²) < 4.78 is 0. The molecule has 0 aliphatic carbocycles. The van der Waals surface area contributed by atoms with Crippen LogP contribution in [0.15, 0.2) is 0 Å². The van der Waals surface area contributed by atoms with Gasteiger partial charge < -0.3 is 10.2 Å². The lowest BCUT2D eigenvalue weighted by atomic mass is 10.2. The number of amides is 1. The maximum absolute atomic E-state index is 12.1. The van der Waals surface area contributed by atoms with Gasteiger partial charge in [0.1, 0.15) is 0 Å². The summed E-state index contributed by atoms with van der Waals surface area (Å²) in [7, 11) is 0. The Morgan fingerprint density at radius 1 is 1.57 bits per heavy atom. The molecule has 4 heteroatoms. The lowest BCUT2D eigenvalue weighted by Crippen LogP contribution is -2.51. The molecule has 0 radical (unpaired) electrons. The number of thioether (sulfide) groups is 1. The maximum Gasteiger partial charge on any atom is 0.240 e. The second-order valence-electron chi connectivity index (χ2n) is 4.10. The summed E-state index contributed by atoms with van der Waals surface area (Å²) in [5.74, 6) is 2.41. The Labute approximate surface area is 89.6 Å². The van der Waals surface area contributed by atoms with Crippen LogP contribution in [0.4, 0.5) is 0 Å². The number of nitrogens with one attached hydrogen (secondary N) is 1. The van der Waals surface area contributed by atoms with E-state index in [0.717, 1.165) is 24.6 Å². The lowest BCUT2D eigenvalue weighted by molar-refractivity contribution is -0.133. The van der Waals surface area contributed by atoms with E-state index in [4.69, 9.17) is 0 Å². The van der Waals surface area contributed by atoms with Crippen molar-refractivity contribution in [3.63, 3.8) is 0 Å². The molecule has 0 bridgehead atoms. The smallest absolute Gasteiger partial charge is 0.240 e. The number of likely N-dealkylation sites (tertiary alicyclic amines) is 1. The Hall–Kier alpha value is -0.220. The highest BCUT2D eigenvalue weighted by atomic mass is 32.2. The van der Waals surface area contributed by atoms with Crippen molar-refractivity contribution < 1.29 is 4.79 Å². The molecule has 2 fully saturated rings. The Kier molecular flexibility index (Phi) is 3.34. The lowest BCUT2D eigenvalue weighted by Gasteiger charge is -2.29. The molecular weight excluding hydrogens is 196 g/mol. The molecule has 0 saturated carbocycles. The van der Waals surface area contributed by atoms with Gasteiger partial charge in [-0.05, 0) is 19.8 Å². The van der Waals surface area contributed by atoms with Crippen LogP contribution in [0, 0.1) is 0 Å².